The minimum atomic E-state index is -1.25. The molecule has 0 bridgehead atoms. The van der Waals surface area contributed by atoms with Crippen LogP contribution in [0, 0.1) is 6.92 Å². The summed E-state index contributed by atoms with van der Waals surface area (Å²) in [5.41, 5.74) is 1.10. The van der Waals surface area contributed by atoms with Crippen molar-refractivity contribution < 1.29 is 9.90 Å². The molecule has 0 unspecified atom stereocenters. The van der Waals surface area contributed by atoms with E-state index in [4.69, 9.17) is 11.6 Å². The number of pyridine rings is 1. The summed E-state index contributed by atoms with van der Waals surface area (Å²) in [6.07, 6.45) is 1.35. The number of hydrogen-bond donors (Lipinski definition) is 1. The Kier molecular flexibility index (Phi) is 3.31. The predicted octanol–water partition coefficient (Wildman–Crippen LogP) is 3.71. The molecule has 0 aliphatic rings. The minimum absolute atomic E-state index is 0.266. The number of nitrogens with zero attached hydrogens (tertiary/aromatic N) is 1. The van der Waals surface area contributed by atoms with Gasteiger partial charge in [0.05, 0.1) is 9.72 Å². The molecule has 0 spiro atoms. The van der Waals surface area contributed by atoms with Crippen molar-refractivity contribution in [2.45, 2.75) is 6.92 Å². The first-order valence-corrected chi connectivity index (χ1v) is 7.32. The molecule has 0 aliphatic heterocycles. The van der Waals surface area contributed by atoms with E-state index in [0.29, 0.717) is 14.6 Å². The molecular formula is C15H10ClNO3S. The summed E-state index contributed by atoms with van der Waals surface area (Å²) in [7, 11) is 0. The van der Waals surface area contributed by atoms with E-state index in [0.717, 1.165) is 11.3 Å². The summed E-state index contributed by atoms with van der Waals surface area (Å²) in [6, 6.07) is 9.11. The molecule has 3 rings (SSSR count). The molecule has 2 heterocycles. The third kappa shape index (κ3) is 2.34. The van der Waals surface area contributed by atoms with Crippen molar-refractivity contribution in [2.24, 2.45) is 0 Å². The van der Waals surface area contributed by atoms with Gasteiger partial charge in [-0.3, -0.25) is 4.79 Å². The third-order valence-corrected chi connectivity index (χ3v) is 4.45. The number of carboxylic acid groups (broad SMARTS) is 1. The van der Waals surface area contributed by atoms with Crippen LogP contribution in [0.2, 0.25) is 4.34 Å². The number of fused-ring (bicyclic) bond motifs is 1. The number of aromatic carboxylic acids is 1. The van der Waals surface area contributed by atoms with E-state index < -0.39 is 11.4 Å². The highest BCUT2D eigenvalue weighted by Crippen LogP contribution is 2.29. The van der Waals surface area contributed by atoms with Crippen LogP contribution in [0.3, 0.4) is 0 Å². The van der Waals surface area contributed by atoms with E-state index in [2.05, 4.69) is 0 Å². The SMILES string of the molecule is Cc1ccc(-n2cc(C(=O)O)c(=O)c3cc(Cl)sc32)cc1. The van der Waals surface area contributed by atoms with E-state index in [9.17, 15) is 14.7 Å². The maximum absolute atomic E-state index is 12.2. The Bertz CT molecular complexity index is 909. The maximum atomic E-state index is 12.2. The molecule has 0 amide bonds. The van der Waals surface area contributed by atoms with Crippen LogP contribution in [-0.4, -0.2) is 15.6 Å². The first-order chi connectivity index (χ1) is 9.97. The van der Waals surface area contributed by atoms with Gasteiger partial charge in [-0.05, 0) is 25.1 Å². The van der Waals surface area contributed by atoms with E-state index in [1.165, 1.54) is 23.6 Å². The van der Waals surface area contributed by atoms with Crippen molar-refractivity contribution in [3.8, 4) is 5.69 Å². The molecule has 0 saturated carbocycles. The maximum Gasteiger partial charge on any atom is 0.341 e. The number of aryl methyl sites for hydroxylation is 1. The lowest BCUT2D eigenvalue weighted by Crippen LogP contribution is -2.17. The van der Waals surface area contributed by atoms with E-state index in [-0.39, 0.29) is 5.56 Å². The number of carbonyl (C=O) groups is 1. The summed E-state index contributed by atoms with van der Waals surface area (Å²) in [5, 5.41) is 9.53. The fraction of sp³-hybridized carbons (Fsp3) is 0.0667. The Morgan fingerprint density at radius 3 is 2.57 bits per heavy atom. The molecule has 21 heavy (non-hydrogen) atoms. The highest BCUT2D eigenvalue weighted by molar-refractivity contribution is 7.22. The Balaban J connectivity index is 2.40. The zero-order chi connectivity index (χ0) is 15.1. The van der Waals surface area contributed by atoms with Gasteiger partial charge in [0.25, 0.3) is 0 Å². The van der Waals surface area contributed by atoms with Gasteiger partial charge in [-0.1, -0.05) is 29.3 Å². The van der Waals surface area contributed by atoms with Crippen molar-refractivity contribution in [2.75, 3.05) is 0 Å². The number of halogens is 1. The van der Waals surface area contributed by atoms with Gasteiger partial charge in [0, 0.05) is 11.9 Å². The van der Waals surface area contributed by atoms with Gasteiger partial charge in [-0.15, -0.1) is 11.3 Å². The second-order valence-corrected chi connectivity index (χ2v) is 6.31. The van der Waals surface area contributed by atoms with Gasteiger partial charge in [0.1, 0.15) is 10.4 Å². The molecule has 6 heteroatoms. The Labute approximate surface area is 128 Å². The monoisotopic (exact) mass is 319 g/mol. The van der Waals surface area contributed by atoms with Crippen molar-refractivity contribution in [3.05, 3.63) is 62.2 Å². The number of rotatable bonds is 2. The van der Waals surface area contributed by atoms with Gasteiger partial charge < -0.3 is 9.67 Å². The van der Waals surface area contributed by atoms with E-state index in [1.54, 1.807) is 4.57 Å². The van der Waals surface area contributed by atoms with Crippen molar-refractivity contribution in [3.63, 3.8) is 0 Å². The zero-order valence-electron chi connectivity index (χ0n) is 11.0. The molecule has 4 nitrogen and oxygen atoms in total. The third-order valence-electron chi connectivity index (χ3n) is 3.19. The van der Waals surface area contributed by atoms with Crippen LogP contribution in [0.5, 0.6) is 0 Å². The van der Waals surface area contributed by atoms with Crippen molar-refractivity contribution in [1.82, 2.24) is 4.57 Å². The second-order valence-electron chi connectivity index (χ2n) is 4.65. The molecule has 1 N–H and O–H groups in total. The minimum Gasteiger partial charge on any atom is -0.477 e. The van der Waals surface area contributed by atoms with Gasteiger partial charge in [0.2, 0.25) is 5.43 Å². The summed E-state index contributed by atoms with van der Waals surface area (Å²) >= 11 is 7.24. The van der Waals surface area contributed by atoms with Crippen LogP contribution < -0.4 is 5.43 Å². The standard InChI is InChI=1S/C15H10ClNO3S/c1-8-2-4-9(5-3-8)17-7-11(15(19)20)13(18)10-6-12(16)21-14(10)17/h2-7H,1H3,(H,19,20). The number of aromatic nitrogens is 1. The Hall–Kier alpha value is -2.11. The summed E-state index contributed by atoms with van der Waals surface area (Å²) in [4.78, 5) is 24.1. The molecule has 3 aromatic rings. The van der Waals surface area contributed by atoms with Gasteiger partial charge >= 0.3 is 5.97 Å². The van der Waals surface area contributed by atoms with Crippen LogP contribution in [0.1, 0.15) is 15.9 Å². The average Bonchev–Trinajstić information content (AvgIpc) is 2.82. The van der Waals surface area contributed by atoms with E-state index >= 15 is 0 Å². The lowest BCUT2D eigenvalue weighted by Gasteiger charge is -2.10. The molecule has 0 atom stereocenters. The van der Waals surface area contributed by atoms with E-state index in [1.807, 2.05) is 31.2 Å². The summed E-state index contributed by atoms with van der Waals surface area (Å²) in [6.45, 7) is 1.97. The number of thiophene rings is 1. The molecule has 2 aromatic heterocycles. The highest BCUT2D eigenvalue weighted by Gasteiger charge is 2.17. The van der Waals surface area contributed by atoms with Gasteiger partial charge in [-0.25, -0.2) is 4.79 Å². The topological polar surface area (TPSA) is 59.3 Å². The first-order valence-electron chi connectivity index (χ1n) is 6.12. The summed E-state index contributed by atoms with van der Waals surface area (Å²) < 4.78 is 2.14. The van der Waals surface area contributed by atoms with Gasteiger partial charge in [0.15, 0.2) is 0 Å². The fourth-order valence-corrected chi connectivity index (χ4v) is 3.34. The van der Waals surface area contributed by atoms with Crippen LogP contribution in [-0.2, 0) is 0 Å². The van der Waals surface area contributed by atoms with Gasteiger partial charge in [-0.2, -0.15) is 0 Å². The van der Waals surface area contributed by atoms with Crippen LogP contribution in [0.15, 0.2) is 41.3 Å². The fourth-order valence-electron chi connectivity index (χ4n) is 2.13. The quantitative estimate of drug-likeness (QED) is 0.783. The zero-order valence-corrected chi connectivity index (χ0v) is 12.5. The molecule has 0 aliphatic carbocycles. The lowest BCUT2D eigenvalue weighted by atomic mass is 10.2. The van der Waals surface area contributed by atoms with Crippen LogP contribution in [0.4, 0.5) is 0 Å². The normalized spacial score (nSPS) is 11.0. The molecule has 1 aromatic carbocycles. The Morgan fingerprint density at radius 2 is 1.95 bits per heavy atom. The first kappa shape index (κ1) is 13.9. The van der Waals surface area contributed by atoms with Crippen molar-refractivity contribution >= 4 is 39.1 Å². The largest absolute Gasteiger partial charge is 0.477 e. The number of benzene rings is 1. The van der Waals surface area contributed by atoms with Crippen molar-refractivity contribution in [1.29, 1.82) is 0 Å². The number of hydrogen-bond acceptors (Lipinski definition) is 3. The summed E-state index contributed by atoms with van der Waals surface area (Å²) in [5.74, 6) is -1.25. The molecule has 0 saturated heterocycles. The Morgan fingerprint density at radius 1 is 1.29 bits per heavy atom. The molecular weight excluding hydrogens is 310 g/mol. The second kappa shape index (κ2) is 5.02. The van der Waals surface area contributed by atoms with Crippen LogP contribution >= 0.6 is 22.9 Å². The molecule has 106 valence electrons. The highest BCUT2D eigenvalue weighted by atomic mass is 35.5. The smallest absolute Gasteiger partial charge is 0.341 e. The lowest BCUT2D eigenvalue weighted by molar-refractivity contribution is 0.0695. The number of carboxylic acids is 1. The average molecular weight is 320 g/mol. The molecule has 0 radical (unpaired) electrons. The predicted molar refractivity (Wildman–Crippen MR) is 84.1 cm³/mol. The van der Waals surface area contributed by atoms with Crippen LogP contribution in [0.25, 0.3) is 15.9 Å². The molecule has 0 fully saturated rings.